The average Bonchev–Trinajstić information content (AvgIpc) is 2.72. The molecule has 0 aromatic carbocycles. The van der Waals surface area contributed by atoms with Gasteiger partial charge in [-0.3, -0.25) is 4.79 Å². The third kappa shape index (κ3) is 3.05. The summed E-state index contributed by atoms with van der Waals surface area (Å²) < 4.78 is 22.9. The van der Waals surface area contributed by atoms with E-state index in [4.69, 9.17) is 0 Å². The normalized spacial score (nSPS) is 28.2. The van der Waals surface area contributed by atoms with Crippen molar-refractivity contribution in [2.75, 3.05) is 18.1 Å². The van der Waals surface area contributed by atoms with Crippen LogP contribution >= 0.6 is 0 Å². The van der Waals surface area contributed by atoms with Crippen molar-refractivity contribution in [2.45, 2.75) is 51.5 Å². The molecule has 0 N–H and O–H groups in total. The monoisotopic (exact) mass is 273 g/mol. The van der Waals surface area contributed by atoms with Crippen LogP contribution in [0.5, 0.6) is 0 Å². The van der Waals surface area contributed by atoms with Gasteiger partial charge in [-0.2, -0.15) is 0 Å². The summed E-state index contributed by atoms with van der Waals surface area (Å²) in [7, 11) is -2.96. The van der Waals surface area contributed by atoms with E-state index in [1.54, 1.807) is 0 Å². The first-order valence-electron chi connectivity index (χ1n) is 7.04. The number of rotatable bonds is 3. The van der Waals surface area contributed by atoms with Crippen LogP contribution < -0.4 is 0 Å². The SMILES string of the molecule is CCN(C(=O)[C@H]1CCS(=O)(=O)C1)C1CCCCC1. The molecule has 5 heteroatoms. The Balaban J connectivity index is 2.01. The smallest absolute Gasteiger partial charge is 0.226 e. The van der Waals surface area contributed by atoms with Crippen molar-refractivity contribution < 1.29 is 13.2 Å². The molecule has 0 aromatic rings. The lowest BCUT2D eigenvalue weighted by atomic mass is 9.93. The molecule has 0 spiro atoms. The second-order valence-corrected chi connectivity index (χ2v) is 7.74. The van der Waals surface area contributed by atoms with Crippen LogP contribution in [0.4, 0.5) is 0 Å². The van der Waals surface area contributed by atoms with E-state index >= 15 is 0 Å². The van der Waals surface area contributed by atoms with Gasteiger partial charge in [0.2, 0.25) is 5.91 Å². The lowest BCUT2D eigenvalue weighted by Crippen LogP contribution is -2.44. The van der Waals surface area contributed by atoms with Gasteiger partial charge < -0.3 is 4.90 Å². The Morgan fingerprint density at radius 1 is 1.17 bits per heavy atom. The molecule has 104 valence electrons. The maximum Gasteiger partial charge on any atom is 0.226 e. The van der Waals surface area contributed by atoms with Crippen LogP contribution in [-0.2, 0) is 14.6 Å². The van der Waals surface area contributed by atoms with Crippen molar-refractivity contribution in [3.63, 3.8) is 0 Å². The van der Waals surface area contributed by atoms with Crippen molar-refractivity contribution >= 4 is 15.7 Å². The Kier molecular flexibility index (Phi) is 4.30. The van der Waals surface area contributed by atoms with Crippen molar-refractivity contribution in [1.29, 1.82) is 0 Å². The number of nitrogens with zero attached hydrogens (tertiary/aromatic N) is 1. The molecule has 0 bridgehead atoms. The zero-order valence-corrected chi connectivity index (χ0v) is 11.9. The molecule has 1 atom stereocenters. The lowest BCUT2D eigenvalue weighted by molar-refractivity contribution is -0.137. The predicted octanol–water partition coefficient (Wildman–Crippen LogP) is 1.60. The summed E-state index contributed by atoms with van der Waals surface area (Å²) in [6.07, 6.45) is 6.33. The highest BCUT2D eigenvalue weighted by Gasteiger charge is 2.37. The Morgan fingerprint density at radius 2 is 1.83 bits per heavy atom. The van der Waals surface area contributed by atoms with Gasteiger partial charge in [0, 0.05) is 12.6 Å². The minimum atomic E-state index is -2.96. The van der Waals surface area contributed by atoms with Gasteiger partial charge in [0.1, 0.15) is 0 Å². The third-order valence-electron chi connectivity index (χ3n) is 4.22. The molecule has 2 rings (SSSR count). The highest BCUT2D eigenvalue weighted by Crippen LogP contribution is 2.27. The number of sulfone groups is 1. The highest BCUT2D eigenvalue weighted by atomic mass is 32.2. The first kappa shape index (κ1) is 13.8. The fraction of sp³-hybridized carbons (Fsp3) is 0.923. The molecule has 1 saturated heterocycles. The van der Waals surface area contributed by atoms with Crippen molar-refractivity contribution in [2.24, 2.45) is 5.92 Å². The Labute approximate surface area is 110 Å². The van der Waals surface area contributed by atoms with E-state index in [0.29, 0.717) is 19.0 Å². The standard InChI is InChI=1S/C13H23NO3S/c1-2-14(12-6-4-3-5-7-12)13(15)11-8-9-18(16,17)10-11/h11-12H,2-10H2,1H3/t11-/m0/s1. The molecular formula is C13H23NO3S. The lowest BCUT2D eigenvalue weighted by Gasteiger charge is -2.35. The van der Waals surface area contributed by atoms with E-state index < -0.39 is 9.84 Å². The molecule has 0 unspecified atom stereocenters. The van der Waals surface area contributed by atoms with E-state index in [-0.39, 0.29) is 23.3 Å². The van der Waals surface area contributed by atoms with Gasteiger partial charge in [0.25, 0.3) is 0 Å². The van der Waals surface area contributed by atoms with Crippen LogP contribution in [0.1, 0.15) is 45.4 Å². The maximum atomic E-state index is 12.4. The van der Waals surface area contributed by atoms with E-state index in [9.17, 15) is 13.2 Å². The summed E-state index contributed by atoms with van der Waals surface area (Å²) >= 11 is 0. The molecule has 18 heavy (non-hydrogen) atoms. The highest BCUT2D eigenvalue weighted by molar-refractivity contribution is 7.91. The van der Waals surface area contributed by atoms with Crippen molar-refractivity contribution in [3.8, 4) is 0 Å². The third-order valence-corrected chi connectivity index (χ3v) is 5.99. The van der Waals surface area contributed by atoms with Crippen LogP contribution in [-0.4, -0.2) is 43.3 Å². The van der Waals surface area contributed by atoms with Gasteiger partial charge in [-0.15, -0.1) is 0 Å². The summed E-state index contributed by atoms with van der Waals surface area (Å²) in [6, 6.07) is 0.347. The van der Waals surface area contributed by atoms with Gasteiger partial charge in [-0.25, -0.2) is 8.42 Å². The maximum absolute atomic E-state index is 12.4. The minimum absolute atomic E-state index is 0.0645. The quantitative estimate of drug-likeness (QED) is 0.785. The Hall–Kier alpha value is -0.580. The molecule has 1 aliphatic carbocycles. The largest absolute Gasteiger partial charge is 0.340 e. The van der Waals surface area contributed by atoms with E-state index in [2.05, 4.69) is 0 Å². The molecule has 0 radical (unpaired) electrons. The topological polar surface area (TPSA) is 54.5 Å². The van der Waals surface area contributed by atoms with Crippen LogP contribution in [0.25, 0.3) is 0 Å². The van der Waals surface area contributed by atoms with Gasteiger partial charge in [-0.05, 0) is 26.2 Å². The first-order valence-corrected chi connectivity index (χ1v) is 8.86. The van der Waals surface area contributed by atoms with E-state index in [1.165, 1.54) is 19.3 Å². The number of hydrogen-bond acceptors (Lipinski definition) is 3. The second kappa shape index (κ2) is 5.59. The fourth-order valence-electron chi connectivity index (χ4n) is 3.21. The van der Waals surface area contributed by atoms with Crippen molar-refractivity contribution in [3.05, 3.63) is 0 Å². The fourth-order valence-corrected chi connectivity index (χ4v) is 4.94. The summed E-state index contributed by atoms with van der Waals surface area (Å²) in [4.78, 5) is 14.4. The summed E-state index contributed by atoms with van der Waals surface area (Å²) in [5, 5.41) is 0. The van der Waals surface area contributed by atoms with Gasteiger partial charge in [0.05, 0.1) is 17.4 Å². The molecule has 4 nitrogen and oxygen atoms in total. The first-order chi connectivity index (χ1) is 8.53. The molecular weight excluding hydrogens is 250 g/mol. The van der Waals surface area contributed by atoms with Gasteiger partial charge >= 0.3 is 0 Å². The van der Waals surface area contributed by atoms with Crippen LogP contribution in [0.15, 0.2) is 0 Å². The predicted molar refractivity (Wildman–Crippen MR) is 71.0 cm³/mol. The summed E-state index contributed by atoms with van der Waals surface area (Å²) in [6.45, 7) is 2.70. The molecule has 0 aromatic heterocycles. The minimum Gasteiger partial charge on any atom is -0.340 e. The molecule has 2 fully saturated rings. The Morgan fingerprint density at radius 3 is 2.33 bits per heavy atom. The van der Waals surface area contributed by atoms with Crippen LogP contribution in [0.3, 0.4) is 0 Å². The molecule has 1 heterocycles. The Bertz CT molecular complexity index is 398. The van der Waals surface area contributed by atoms with Crippen LogP contribution in [0.2, 0.25) is 0 Å². The zero-order chi connectivity index (χ0) is 13.2. The second-order valence-electron chi connectivity index (χ2n) is 5.52. The number of hydrogen-bond donors (Lipinski definition) is 0. The van der Waals surface area contributed by atoms with E-state index in [1.807, 2.05) is 11.8 Å². The number of amides is 1. The number of carbonyl (C=O) groups is 1. The molecule has 1 aliphatic heterocycles. The average molecular weight is 273 g/mol. The molecule has 1 amide bonds. The molecule has 2 aliphatic rings. The van der Waals surface area contributed by atoms with Gasteiger partial charge in [-0.1, -0.05) is 19.3 Å². The van der Waals surface area contributed by atoms with E-state index in [0.717, 1.165) is 12.8 Å². The zero-order valence-electron chi connectivity index (χ0n) is 11.1. The number of carbonyl (C=O) groups excluding carboxylic acids is 1. The molecule has 1 saturated carbocycles. The van der Waals surface area contributed by atoms with Crippen molar-refractivity contribution in [1.82, 2.24) is 4.90 Å². The summed E-state index contributed by atoms with van der Waals surface area (Å²) in [5.41, 5.74) is 0. The van der Waals surface area contributed by atoms with Crippen LogP contribution in [0, 0.1) is 5.92 Å². The van der Waals surface area contributed by atoms with Gasteiger partial charge in [0.15, 0.2) is 9.84 Å². The summed E-state index contributed by atoms with van der Waals surface area (Å²) in [5.74, 6) is 0.0445.